The van der Waals surface area contributed by atoms with Gasteiger partial charge in [0, 0.05) is 6.54 Å². The van der Waals surface area contributed by atoms with Crippen LogP contribution in [-0.2, 0) is 17.6 Å². The van der Waals surface area contributed by atoms with Crippen molar-refractivity contribution in [1.29, 1.82) is 0 Å². The van der Waals surface area contributed by atoms with Crippen LogP contribution < -0.4 is 10.6 Å². The van der Waals surface area contributed by atoms with Gasteiger partial charge in [0.2, 0.25) is 5.91 Å². The molecule has 7 heteroatoms. The third kappa shape index (κ3) is 4.24. The summed E-state index contributed by atoms with van der Waals surface area (Å²) in [5.74, 6) is -0.263. The Kier molecular flexibility index (Phi) is 5.32. The molecule has 1 atom stereocenters. The number of thiophene rings is 1. The largest absolute Gasteiger partial charge is 0.351 e. The smallest absolute Gasteiger partial charge is 0.286 e. The number of imide groups is 1. The van der Waals surface area contributed by atoms with E-state index in [-0.39, 0.29) is 22.3 Å². The van der Waals surface area contributed by atoms with Crippen LogP contribution in [0.2, 0.25) is 0 Å². The van der Waals surface area contributed by atoms with Gasteiger partial charge in [0.05, 0.1) is 10.1 Å². The predicted octanol–water partition coefficient (Wildman–Crippen LogP) is 2.61. The Morgan fingerprint density at radius 2 is 1.88 bits per heavy atom. The Bertz CT molecular complexity index is 742. The lowest BCUT2D eigenvalue weighted by Crippen LogP contribution is -2.25. The molecule has 0 bridgehead atoms. The summed E-state index contributed by atoms with van der Waals surface area (Å²) in [6.07, 6.45) is 1.28. The standard InChI is InChI=1S/C17H16N2O3S2/c20-15(13-2-1-9-23-13)18-8-7-11-3-5-12(6-4-11)10-14-16(21)19-17(22)24-14/h1-6,9,14H,7-8,10H2,(H,18,20)(H,19,21,22). The second-order valence-corrected chi connectivity index (χ2v) is 7.51. The van der Waals surface area contributed by atoms with Crippen molar-refractivity contribution >= 4 is 40.2 Å². The van der Waals surface area contributed by atoms with E-state index in [1.807, 2.05) is 35.7 Å². The summed E-state index contributed by atoms with van der Waals surface area (Å²) >= 11 is 2.47. The van der Waals surface area contributed by atoms with Crippen molar-refractivity contribution in [3.05, 3.63) is 57.8 Å². The Morgan fingerprint density at radius 3 is 2.50 bits per heavy atom. The minimum Gasteiger partial charge on any atom is -0.351 e. The highest BCUT2D eigenvalue weighted by Gasteiger charge is 2.31. The molecule has 1 unspecified atom stereocenters. The van der Waals surface area contributed by atoms with Crippen LogP contribution in [0.1, 0.15) is 20.8 Å². The average molecular weight is 360 g/mol. The maximum atomic E-state index is 11.8. The van der Waals surface area contributed by atoms with Crippen molar-refractivity contribution in [2.75, 3.05) is 6.54 Å². The Balaban J connectivity index is 1.47. The lowest BCUT2D eigenvalue weighted by molar-refractivity contribution is -0.118. The van der Waals surface area contributed by atoms with Gasteiger partial charge < -0.3 is 5.32 Å². The van der Waals surface area contributed by atoms with Gasteiger partial charge in [0.25, 0.3) is 11.1 Å². The number of carbonyl (C=O) groups is 3. The van der Waals surface area contributed by atoms with E-state index in [0.717, 1.165) is 29.3 Å². The zero-order valence-electron chi connectivity index (χ0n) is 12.8. The van der Waals surface area contributed by atoms with Crippen LogP contribution >= 0.6 is 23.1 Å². The normalized spacial score (nSPS) is 16.9. The Morgan fingerprint density at radius 1 is 1.12 bits per heavy atom. The summed E-state index contributed by atoms with van der Waals surface area (Å²) in [5, 5.41) is 6.45. The maximum absolute atomic E-state index is 11.8. The fourth-order valence-corrected chi connectivity index (χ4v) is 3.90. The van der Waals surface area contributed by atoms with Crippen LogP contribution in [0.3, 0.4) is 0 Å². The van der Waals surface area contributed by atoms with Crippen molar-refractivity contribution < 1.29 is 14.4 Å². The van der Waals surface area contributed by atoms with Crippen LogP contribution in [-0.4, -0.2) is 28.8 Å². The number of thioether (sulfide) groups is 1. The molecule has 1 fully saturated rings. The van der Waals surface area contributed by atoms with E-state index < -0.39 is 0 Å². The number of benzene rings is 1. The van der Waals surface area contributed by atoms with E-state index in [1.54, 1.807) is 6.07 Å². The predicted molar refractivity (Wildman–Crippen MR) is 95.4 cm³/mol. The molecule has 0 spiro atoms. The van der Waals surface area contributed by atoms with E-state index in [0.29, 0.717) is 17.8 Å². The molecule has 3 rings (SSSR count). The van der Waals surface area contributed by atoms with Crippen LogP contribution in [0, 0.1) is 0 Å². The lowest BCUT2D eigenvalue weighted by atomic mass is 10.1. The maximum Gasteiger partial charge on any atom is 0.286 e. The molecular formula is C17H16N2O3S2. The first-order chi connectivity index (χ1) is 11.6. The van der Waals surface area contributed by atoms with E-state index >= 15 is 0 Å². The van der Waals surface area contributed by atoms with Gasteiger partial charge >= 0.3 is 0 Å². The molecule has 2 aromatic rings. The molecule has 1 aromatic carbocycles. The molecule has 0 radical (unpaired) electrons. The zero-order valence-corrected chi connectivity index (χ0v) is 14.4. The van der Waals surface area contributed by atoms with Crippen LogP contribution in [0.25, 0.3) is 0 Å². The van der Waals surface area contributed by atoms with Crippen molar-refractivity contribution in [2.45, 2.75) is 18.1 Å². The summed E-state index contributed by atoms with van der Waals surface area (Å²) in [5.41, 5.74) is 2.13. The van der Waals surface area contributed by atoms with Crippen molar-refractivity contribution in [3.8, 4) is 0 Å². The summed E-state index contributed by atoms with van der Waals surface area (Å²) < 4.78 is 0. The quantitative estimate of drug-likeness (QED) is 0.830. The number of rotatable bonds is 6. The molecule has 24 heavy (non-hydrogen) atoms. The summed E-state index contributed by atoms with van der Waals surface area (Å²) in [7, 11) is 0. The monoisotopic (exact) mass is 360 g/mol. The van der Waals surface area contributed by atoms with Crippen molar-refractivity contribution in [1.82, 2.24) is 10.6 Å². The Hall–Kier alpha value is -2.12. The molecule has 1 aromatic heterocycles. The molecule has 2 heterocycles. The number of carbonyl (C=O) groups excluding carboxylic acids is 3. The average Bonchev–Trinajstić information content (AvgIpc) is 3.19. The third-order valence-corrected chi connectivity index (χ3v) is 5.51. The number of nitrogens with one attached hydrogen (secondary N) is 2. The van der Waals surface area contributed by atoms with Crippen LogP contribution in [0.5, 0.6) is 0 Å². The molecule has 1 aliphatic rings. The van der Waals surface area contributed by atoms with Gasteiger partial charge in [0.15, 0.2) is 0 Å². The van der Waals surface area contributed by atoms with Crippen molar-refractivity contribution in [2.24, 2.45) is 0 Å². The fraction of sp³-hybridized carbons (Fsp3) is 0.235. The van der Waals surface area contributed by atoms with Gasteiger partial charge in [-0.05, 0) is 35.4 Å². The zero-order chi connectivity index (χ0) is 16.9. The van der Waals surface area contributed by atoms with E-state index in [2.05, 4.69) is 10.6 Å². The summed E-state index contributed by atoms with van der Waals surface area (Å²) in [6.45, 7) is 0.575. The first-order valence-electron chi connectivity index (χ1n) is 7.53. The highest BCUT2D eigenvalue weighted by molar-refractivity contribution is 8.15. The minimum absolute atomic E-state index is 0.0458. The molecule has 1 aliphatic heterocycles. The lowest BCUT2D eigenvalue weighted by Gasteiger charge is -2.07. The van der Waals surface area contributed by atoms with Gasteiger partial charge in [-0.15, -0.1) is 11.3 Å². The molecule has 5 nitrogen and oxygen atoms in total. The van der Waals surface area contributed by atoms with Gasteiger partial charge in [-0.2, -0.15) is 0 Å². The minimum atomic E-state index is -0.339. The molecule has 1 saturated heterocycles. The molecule has 0 aliphatic carbocycles. The first-order valence-corrected chi connectivity index (χ1v) is 9.29. The highest BCUT2D eigenvalue weighted by atomic mass is 32.2. The molecule has 0 saturated carbocycles. The van der Waals surface area contributed by atoms with E-state index in [1.165, 1.54) is 11.3 Å². The van der Waals surface area contributed by atoms with E-state index in [9.17, 15) is 14.4 Å². The third-order valence-electron chi connectivity index (χ3n) is 3.66. The van der Waals surface area contributed by atoms with Gasteiger partial charge in [-0.25, -0.2) is 0 Å². The van der Waals surface area contributed by atoms with E-state index in [4.69, 9.17) is 0 Å². The number of hydrogen-bond acceptors (Lipinski definition) is 5. The second kappa shape index (κ2) is 7.63. The number of amides is 3. The van der Waals surface area contributed by atoms with Gasteiger partial charge in [-0.1, -0.05) is 42.1 Å². The SMILES string of the molecule is O=C1NC(=O)C(Cc2ccc(CCNC(=O)c3cccs3)cc2)S1. The highest BCUT2D eigenvalue weighted by Crippen LogP contribution is 2.23. The summed E-state index contributed by atoms with van der Waals surface area (Å²) in [4.78, 5) is 35.3. The molecular weight excluding hydrogens is 344 g/mol. The van der Waals surface area contributed by atoms with Crippen LogP contribution in [0.4, 0.5) is 4.79 Å². The second-order valence-electron chi connectivity index (χ2n) is 5.39. The number of hydrogen-bond donors (Lipinski definition) is 2. The topological polar surface area (TPSA) is 75.3 Å². The first kappa shape index (κ1) is 16.7. The molecule has 3 amide bonds. The Labute approximate surface area is 147 Å². The van der Waals surface area contributed by atoms with Gasteiger partial charge in [0.1, 0.15) is 0 Å². The molecule has 2 N–H and O–H groups in total. The fourth-order valence-electron chi connectivity index (χ4n) is 2.40. The van der Waals surface area contributed by atoms with Gasteiger partial charge in [-0.3, -0.25) is 19.7 Å². The van der Waals surface area contributed by atoms with Crippen LogP contribution in [0.15, 0.2) is 41.8 Å². The molecule has 124 valence electrons. The van der Waals surface area contributed by atoms with Crippen molar-refractivity contribution in [3.63, 3.8) is 0 Å². The summed E-state index contributed by atoms with van der Waals surface area (Å²) in [6, 6.07) is 11.6.